The number of anilines is 1. The minimum Gasteiger partial charge on any atom is -0.504 e. The Hall–Kier alpha value is -2.73. The Kier molecular flexibility index (Phi) is 4.08. The van der Waals surface area contributed by atoms with Crippen molar-refractivity contribution in [1.29, 1.82) is 0 Å². The first-order chi connectivity index (χ1) is 11.0. The molecule has 0 aliphatic heterocycles. The second kappa shape index (κ2) is 6.18. The minimum atomic E-state index is -0.284. The van der Waals surface area contributed by atoms with Crippen LogP contribution in [0.1, 0.15) is 12.2 Å². The lowest BCUT2D eigenvalue weighted by molar-refractivity contribution is -0.113. The van der Waals surface area contributed by atoms with Crippen LogP contribution in [0.5, 0.6) is 11.5 Å². The molecule has 3 rings (SSSR count). The fraction of sp³-hybridized carbons (Fsp3) is 0.125. The van der Waals surface area contributed by atoms with Gasteiger partial charge in [0.2, 0.25) is 0 Å². The molecule has 1 aromatic carbocycles. The van der Waals surface area contributed by atoms with E-state index >= 15 is 0 Å². The number of amides is 1. The quantitative estimate of drug-likeness (QED) is 0.894. The number of nitrogens with one attached hydrogen (secondary N) is 1. The lowest BCUT2D eigenvalue weighted by atomic mass is 10.2. The summed E-state index contributed by atoms with van der Waals surface area (Å²) in [6.07, 6.45) is 3.65. The van der Waals surface area contributed by atoms with Gasteiger partial charge in [0.15, 0.2) is 17.3 Å². The standard InChI is InChI=1S/C16H13ClN2O4/c1-9-6-15(19-23-9)18-16(21)10-2-4-12(7-10)22-14-5-3-11(17)8-13(14)20/h2-6,8,20H,7H2,1H3,(H,18,19,21). The zero-order valence-corrected chi connectivity index (χ0v) is 12.9. The van der Waals surface area contributed by atoms with Crippen molar-refractivity contribution in [3.8, 4) is 11.5 Å². The third kappa shape index (κ3) is 3.54. The SMILES string of the molecule is Cc1cc(NC(=O)C2=CC=C(Oc3ccc(Cl)cc3O)C2)no1. The Morgan fingerprint density at radius 3 is 2.91 bits per heavy atom. The molecule has 2 N–H and O–H groups in total. The van der Waals surface area contributed by atoms with Crippen molar-refractivity contribution in [2.24, 2.45) is 0 Å². The van der Waals surface area contributed by atoms with E-state index < -0.39 is 0 Å². The second-order valence-electron chi connectivity index (χ2n) is 4.99. The first kappa shape index (κ1) is 15.2. The van der Waals surface area contributed by atoms with Crippen molar-refractivity contribution in [3.63, 3.8) is 0 Å². The van der Waals surface area contributed by atoms with Crippen LogP contribution in [0.25, 0.3) is 0 Å². The number of carbonyl (C=O) groups is 1. The third-order valence-corrected chi connectivity index (χ3v) is 3.39. The molecule has 0 radical (unpaired) electrons. The molecule has 0 atom stereocenters. The smallest absolute Gasteiger partial charge is 0.253 e. The van der Waals surface area contributed by atoms with Gasteiger partial charge in [-0.15, -0.1) is 0 Å². The number of aromatic nitrogens is 1. The molecule has 0 saturated carbocycles. The molecule has 0 bridgehead atoms. The summed E-state index contributed by atoms with van der Waals surface area (Å²) < 4.78 is 10.5. The molecule has 0 saturated heterocycles. The highest BCUT2D eigenvalue weighted by atomic mass is 35.5. The second-order valence-corrected chi connectivity index (χ2v) is 5.43. The Labute approximate surface area is 137 Å². The molecule has 0 spiro atoms. The van der Waals surface area contributed by atoms with E-state index in [0.717, 1.165) is 0 Å². The van der Waals surface area contributed by atoms with E-state index in [1.807, 2.05) is 0 Å². The Bertz CT molecular complexity index is 823. The first-order valence-electron chi connectivity index (χ1n) is 6.82. The number of phenols is 1. The highest BCUT2D eigenvalue weighted by Crippen LogP contribution is 2.32. The van der Waals surface area contributed by atoms with E-state index in [0.29, 0.717) is 34.4 Å². The van der Waals surface area contributed by atoms with Gasteiger partial charge in [0, 0.05) is 29.1 Å². The predicted octanol–water partition coefficient (Wildman–Crippen LogP) is 3.57. The Balaban J connectivity index is 1.60. The fourth-order valence-corrected chi connectivity index (χ4v) is 2.23. The number of hydrogen-bond acceptors (Lipinski definition) is 5. The van der Waals surface area contributed by atoms with Gasteiger partial charge in [-0.05, 0) is 31.2 Å². The largest absolute Gasteiger partial charge is 0.504 e. The number of carbonyl (C=O) groups excluding carboxylic acids is 1. The number of benzene rings is 1. The van der Waals surface area contributed by atoms with Crippen molar-refractivity contribution in [1.82, 2.24) is 5.16 Å². The van der Waals surface area contributed by atoms with Crippen molar-refractivity contribution >= 4 is 23.3 Å². The zero-order chi connectivity index (χ0) is 16.4. The first-order valence-corrected chi connectivity index (χ1v) is 7.20. The minimum absolute atomic E-state index is 0.0608. The number of aromatic hydroxyl groups is 1. The van der Waals surface area contributed by atoms with E-state index in [9.17, 15) is 9.90 Å². The van der Waals surface area contributed by atoms with Crippen LogP contribution in [0.2, 0.25) is 5.02 Å². The summed E-state index contributed by atoms with van der Waals surface area (Å²) >= 11 is 5.77. The Morgan fingerprint density at radius 2 is 2.22 bits per heavy atom. The van der Waals surface area contributed by atoms with Gasteiger partial charge in [-0.3, -0.25) is 4.79 Å². The average molecular weight is 333 g/mol. The number of phenolic OH excluding ortho intramolecular Hbond substituents is 1. The number of rotatable bonds is 4. The monoisotopic (exact) mass is 332 g/mol. The van der Waals surface area contributed by atoms with Crippen molar-refractivity contribution in [2.75, 3.05) is 5.32 Å². The van der Waals surface area contributed by atoms with E-state index in [2.05, 4.69) is 10.5 Å². The van der Waals surface area contributed by atoms with Gasteiger partial charge in [-0.1, -0.05) is 16.8 Å². The van der Waals surface area contributed by atoms with Gasteiger partial charge in [-0.25, -0.2) is 0 Å². The summed E-state index contributed by atoms with van der Waals surface area (Å²) in [5, 5.41) is 16.5. The Morgan fingerprint density at radius 1 is 1.39 bits per heavy atom. The van der Waals surface area contributed by atoms with Crippen molar-refractivity contribution in [3.05, 3.63) is 58.5 Å². The van der Waals surface area contributed by atoms with Crippen molar-refractivity contribution < 1.29 is 19.2 Å². The molecular formula is C16H13ClN2O4. The van der Waals surface area contributed by atoms with Gasteiger partial charge in [0.1, 0.15) is 11.5 Å². The van der Waals surface area contributed by atoms with Crippen LogP contribution in [-0.4, -0.2) is 16.2 Å². The summed E-state index contributed by atoms with van der Waals surface area (Å²) in [6.45, 7) is 1.74. The third-order valence-electron chi connectivity index (χ3n) is 3.16. The zero-order valence-electron chi connectivity index (χ0n) is 12.2. The molecule has 7 heteroatoms. The van der Waals surface area contributed by atoms with Gasteiger partial charge in [0.25, 0.3) is 5.91 Å². The molecule has 1 aromatic heterocycles. The summed E-state index contributed by atoms with van der Waals surface area (Å²) in [6, 6.07) is 6.19. The molecule has 0 fully saturated rings. The van der Waals surface area contributed by atoms with Crippen LogP contribution in [0, 0.1) is 6.92 Å². The molecule has 0 unspecified atom stereocenters. The molecule has 23 heavy (non-hydrogen) atoms. The normalized spacial score (nSPS) is 13.5. The maximum Gasteiger partial charge on any atom is 0.253 e. The van der Waals surface area contributed by atoms with Crippen LogP contribution >= 0.6 is 11.6 Å². The lowest BCUT2D eigenvalue weighted by Gasteiger charge is -2.09. The molecule has 1 heterocycles. The lowest BCUT2D eigenvalue weighted by Crippen LogP contribution is -2.14. The number of aryl methyl sites for hydroxylation is 1. The summed E-state index contributed by atoms with van der Waals surface area (Å²) in [4.78, 5) is 12.1. The summed E-state index contributed by atoms with van der Waals surface area (Å²) in [5.74, 6) is 1.45. The van der Waals surface area contributed by atoms with E-state index in [-0.39, 0.29) is 17.4 Å². The van der Waals surface area contributed by atoms with Crippen LogP contribution in [0.3, 0.4) is 0 Å². The number of hydrogen-bond donors (Lipinski definition) is 2. The van der Waals surface area contributed by atoms with Crippen LogP contribution in [0.4, 0.5) is 5.82 Å². The van der Waals surface area contributed by atoms with Crippen molar-refractivity contribution in [2.45, 2.75) is 13.3 Å². The maximum absolute atomic E-state index is 12.1. The molecule has 6 nitrogen and oxygen atoms in total. The topological polar surface area (TPSA) is 84.6 Å². The molecule has 118 valence electrons. The highest BCUT2D eigenvalue weighted by molar-refractivity contribution is 6.30. The number of ether oxygens (including phenoxy) is 1. The number of nitrogens with zero attached hydrogens (tertiary/aromatic N) is 1. The van der Waals surface area contributed by atoms with Crippen LogP contribution in [-0.2, 0) is 4.79 Å². The molecule has 1 aliphatic rings. The molecule has 1 aliphatic carbocycles. The fourth-order valence-electron chi connectivity index (χ4n) is 2.07. The maximum atomic E-state index is 12.1. The highest BCUT2D eigenvalue weighted by Gasteiger charge is 2.19. The van der Waals surface area contributed by atoms with E-state index in [4.69, 9.17) is 20.9 Å². The summed E-state index contributed by atoms with van der Waals surface area (Å²) in [5.41, 5.74) is 0.522. The number of allylic oxidation sites excluding steroid dienone is 3. The van der Waals surface area contributed by atoms with Gasteiger partial charge in [-0.2, -0.15) is 0 Å². The van der Waals surface area contributed by atoms with Gasteiger partial charge in [0.05, 0.1) is 0 Å². The van der Waals surface area contributed by atoms with Gasteiger partial charge >= 0.3 is 0 Å². The predicted molar refractivity (Wildman–Crippen MR) is 84.4 cm³/mol. The van der Waals surface area contributed by atoms with Gasteiger partial charge < -0.3 is 19.7 Å². The average Bonchev–Trinajstić information content (AvgIpc) is 3.11. The van der Waals surface area contributed by atoms with Crippen LogP contribution < -0.4 is 10.1 Å². The molecular weight excluding hydrogens is 320 g/mol. The molecule has 2 aromatic rings. The van der Waals surface area contributed by atoms with Crippen LogP contribution in [0.15, 0.2) is 52.3 Å². The molecule has 1 amide bonds. The number of halogens is 1. The van der Waals surface area contributed by atoms with E-state index in [1.165, 1.54) is 6.07 Å². The van der Waals surface area contributed by atoms with E-state index in [1.54, 1.807) is 37.3 Å². The summed E-state index contributed by atoms with van der Waals surface area (Å²) in [7, 11) is 0.